The van der Waals surface area contributed by atoms with E-state index in [-0.39, 0.29) is 36.5 Å². The lowest BCUT2D eigenvalue weighted by Gasteiger charge is -2.33. The Morgan fingerprint density at radius 1 is 1.23 bits per heavy atom. The number of rotatable bonds is 5. The van der Waals surface area contributed by atoms with Gasteiger partial charge in [-0.2, -0.15) is 0 Å². The number of anilines is 1. The van der Waals surface area contributed by atoms with Crippen molar-refractivity contribution in [1.29, 1.82) is 0 Å². The van der Waals surface area contributed by atoms with Crippen molar-refractivity contribution in [2.45, 2.75) is 45.1 Å². The van der Waals surface area contributed by atoms with Crippen molar-refractivity contribution in [2.24, 2.45) is 0 Å². The Morgan fingerprint density at radius 3 is 2.81 bits per heavy atom. The Bertz CT molecular complexity index is 1000. The highest BCUT2D eigenvalue weighted by molar-refractivity contribution is 6.02. The lowest BCUT2D eigenvalue weighted by Crippen LogP contribution is -2.47. The number of furan rings is 1. The van der Waals surface area contributed by atoms with E-state index in [2.05, 4.69) is 0 Å². The summed E-state index contributed by atoms with van der Waals surface area (Å²) < 4.78 is 11.3. The summed E-state index contributed by atoms with van der Waals surface area (Å²) in [4.78, 5) is 39.6. The first-order valence-corrected chi connectivity index (χ1v) is 10.6. The van der Waals surface area contributed by atoms with Crippen LogP contribution in [0, 0.1) is 10.1 Å². The molecule has 31 heavy (non-hydrogen) atoms. The molecule has 2 amide bonds. The van der Waals surface area contributed by atoms with Gasteiger partial charge in [-0.05, 0) is 31.0 Å². The molecule has 0 radical (unpaired) electrons. The van der Waals surface area contributed by atoms with E-state index in [1.54, 1.807) is 4.90 Å². The lowest BCUT2D eigenvalue weighted by molar-refractivity contribution is -0.384. The monoisotopic (exact) mass is 427 g/mol. The molecule has 0 N–H and O–H groups in total. The fourth-order valence-corrected chi connectivity index (χ4v) is 4.17. The molecule has 1 saturated heterocycles. The van der Waals surface area contributed by atoms with Crippen molar-refractivity contribution in [3.63, 3.8) is 0 Å². The van der Waals surface area contributed by atoms with Crippen LogP contribution >= 0.6 is 0 Å². The van der Waals surface area contributed by atoms with Gasteiger partial charge in [0.25, 0.3) is 11.6 Å². The highest BCUT2D eigenvalue weighted by Gasteiger charge is 2.34. The third-order valence-corrected chi connectivity index (χ3v) is 5.82. The van der Waals surface area contributed by atoms with Crippen molar-refractivity contribution >= 4 is 23.2 Å². The minimum atomic E-state index is -0.535. The second kappa shape index (κ2) is 8.79. The summed E-state index contributed by atoms with van der Waals surface area (Å²) in [5, 5.41) is 11.2. The molecule has 9 nitrogen and oxygen atoms in total. The summed E-state index contributed by atoms with van der Waals surface area (Å²) in [5.74, 6) is 1.37. The number of hydrogen-bond donors (Lipinski definition) is 0. The Hall–Kier alpha value is -3.36. The van der Waals surface area contributed by atoms with Crippen LogP contribution in [0.4, 0.5) is 11.4 Å². The molecule has 2 aromatic rings. The van der Waals surface area contributed by atoms with Crippen molar-refractivity contribution in [3.8, 4) is 5.75 Å². The first-order chi connectivity index (χ1) is 15.0. The number of non-ortho nitro benzene ring substituents is 1. The minimum absolute atomic E-state index is 0.162. The predicted octanol–water partition coefficient (Wildman–Crippen LogP) is 3.62. The van der Waals surface area contributed by atoms with Gasteiger partial charge in [-0.1, -0.05) is 19.8 Å². The SMILES string of the molecule is CCc1ccc(C2CCCCCN2C(=O)CN2C(=O)COc3ccc([N+](=O)[O-])cc32)o1. The summed E-state index contributed by atoms with van der Waals surface area (Å²) in [5.41, 5.74) is 0.0845. The van der Waals surface area contributed by atoms with E-state index in [0.29, 0.717) is 12.3 Å². The Morgan fingerprint density at radius 2 is 2.06 bits per heavy atom. The number of nitro benzene ring substituents is 1. The fraction of sp³-hybridized carbons (Fsp3) is 0.455. The van der Waals surface area contributed by atoms with Crippen LogP contribution in [0.15, 0.2) is 34.7 Å². The molecule has 1 unspecified atom stereocenters. The Kier molecular flexibility index (Phi) is 5.92. The van der Waals surface area contributed by atoms with Gasteiger partial charge in [0, 0.05) is 25.1 Å². The van der Waals surface area contributed by atoms with Gasteiger partial charge in [-0.25, -0.2) is 0 Å². The Labute approximate surface area is 179 Å². The van der Waals surface area contributed by atoms with Crippen LogP contribution in [-0.4, -0.2) is 41.3 Å². The zero-order valence-corrected chi connectivity index (χ0v) is 17.4. The molecular formula is C22H25N3O6. The van der Waals surface area contributed by atoms with Gasteiger partial charge in [0.05, 0.1) is 16.7 Å². The second-order valence-electron chi connectivity index (χ2n) is 7.79. The quantitative estimate of drug-likeness (QED) is 0.533. The number of amides is 2. The molecule has 0 bridgehead atoms. The predicted molar refractivity (Wildman–Crippen MR) is 112 cm³/mol. The molecule has 1 fully saturated rings. The maximum absolute atomic E-state index is 13.4. The molecule has 3 heterocycles. The number of likely N-dealkylation sites (tertiary alicyclic amines) is 1. The maximum Gasteiger partial charge on any atom is 0.271 e. The molecule has 2 aliphatic rings. The standard InChI is InChI=1S/C22H25N3O6/c1-2-16-8-10-20(31-16)17-6-4-3-5-11-23(17)21(26)13-24-18-12-15(25(28)29)7-9-19(18)30-14-22(24)27/h7-10,12,17H,2-6,11,13-14H2,1H3. The molecule has 1 aromatic heterocycles. The van der Waals surface area contributed by atoms with Gasteiger partial charge in [0.1, 0.15) is 23.8 Å². The largest absolute Gasteiger partial charge is 0.482 e. The number of nitrogens with zero attached hydrogens (tertiary/aromatic N) is 3. The molecule has 164 valence electrons. The summed E-state index contributed by atoms with van der Waals surface area (Å²) in [6.45, 7) is 2.18. The smallest absolute Gasteiger partial charge is 0.271 e. The van der Waals surface area contributed by atoms with Gasteiger partial charge < -0.3 is 14.1 Å². The summed E-state index contributed by atoms with van der Waals surface area (Å²) in [6, 6.07) is 7.73. The first kappa shape index (κ1) is 20.9. The maximum atomic E-state index is 13.4. The minimum Gasteiger partial charge on any atom is -0.482 e. The van der Waals surface area contributed by atoms with Crippen molar-refractivity contribution in [3.05, 3.63) is 52.0 Å². The van der Waals surface area contributed by atoms with Crippen LogP contribution in [0.1, 0.15) is 50.2 Å². The third kappa shape index (κ3) is 4.26. The number of aryl methyl sites for hydroxylation is 1. The average molecular weight is 427 g/mol. The van der Waals surface area contributed by atoms with Crippen molar-refractivity contribution in [1.82, 2.24) is 4.90 Å². The number of carbonyl (C=O) groups is 2. The molecule has 1 aromatic carbocycles. The van der Waals surface area contributed by atoms with Crippen LogP contribution in [0.3, 0.4) is 0 Å². The van der Waals surface area contributed by atoms with E-state index in [1.807, 2.05) is 19.1 Å². The van der Waals surface area contributed by atoms with Crippen LogP contribution in [0.25, 0.3) is 0 Å². The molecule has 0 saturated carbocycles. The zero-order chi connectivity index (χ0) is 22.0. The van der Waals surface area contributed by atoms with Crippen molar-refractivity contribution in [2.75, 3.05) is 24.6 Å². The summed E-state index contributed by atoms with van der Waals surface area (Å²) >= 11 is 0. The van der Waals surface area contributed by atoms with Crippen LogP contribution < -0.4 is 9.64 Å². The van der Waals surface area contributed by atoms with E-state index in [9.17, 15) is 19.7 Å². The van der Waals surface area contributed by atoms with Gasteiger partial charge in [0.15, 0.2) is 6.61 Å². The number of nitro groups is 1. The van der Waals surface area contributed by atoms with E-state index >= 15 is 0 Å². The van der Waals surface area contributed by atoms with E-state index in [1.165, 1.54) is 23.1 Å². The average Bonchev–Trinajstić information content (AvgIpc) is 3.11. The first-order valence-electron chi connectivity index (χ1n) is 10.6. The number of ether oxygens (including phenoxy) is 1. The van der Waals surface area contributed by atoms with E-state index < -0.39 is 10.8 Å². The van der Waals surface area contributed by atoms with Gasteiger partial charge >= 0.3 is 0 Å². The third-order valence-electron chi connectivity index (χ3n) is 5.82. The highest BCUT2D eigenvalue weighted by Crippen LogP contribution is 2.36. The van der Waals surface area contributed by atoms with Gasteiger partial charge in [-0.15, -0.1) is 0 Å². The second-order valence-corrected chi connectivity index (χ2v) is 7.79. The van der Waals surface area contributed by atoms with E-state index in [0.717, 1.165) is 43.6 Å². The number of hydrogen-bond acceptors (Lipinski definition) is 6. The fourth-order valence-electron chi connectivity index (χ4n) is 4.17. The number of fused-ring (bicyclic) bond motifs is 1. The van der Waals surface area contributed by atoms with Crippen LogP contribution in [-0.2, 0) is 16.0 Å². The normalized spacial score (nSPS) is 18.9. The van der Waals surface area contributed by atoms with Crippen molar-refractivity contribution < 1.29 is 23.7 Å². The number of benzene rings is 1. The molecule has 0 aliphatic carbocycles. The number of carbonyl (C=O) groups excluding carboxylic acids is 2. The molecule has 9 heteroatoms. The lowest BCUT2D eigenvalue weighted by atomic mass is 10.1. The Balaban J connectivity index is 1.60. The van der Waals surface area contributed by atoms with E-state index in [4.69, 9.17) is 9.15 Å². The van der Waals surface area contributed by atoms with Crippen LogP contribution in [0.2, 0.25) is 0 Å². The van der Waals surface area contributed by atoms with Crippen LogP contribution in [0.5, 0.6) is 5.75 Å². The summed E-state index contributed by atoms with van der Waals surface area (Å²) in [6.07, 6.45) is 4.46. The topological polar surface area (TPSA) is 106 Å². The summed E-state index contributed by atoms with van der Waals surface area (Å²) in [7, 11) is 0. The molecule has 0 spiro atoms. The molecule has 2 aliphatic heterocycles. The van der Waals surface area contributed by atoms with Gasteiger partial charge in [0.2, 0.25) is 5.91 Å². The molecular weight excluding hydrogens is 402 g/mol. The highest BCUT2D eigenvalue weighted by atomic mass is 16.6. The zero-order valence-electron chi connectivity index (χ0n) is 17.4. The molecule has 4 rings (SSSR count). The molecule has 1 atom stereocenters. The van der Waals surface area contributed by atoms with Gasteiger partial charge in [-0.3, -0.25) is 24.6 Å².